The lowest BCUT2D eigenvalue weighted by Crippen LogP contribution is -2.33. The molecule has 0 aliphatic carbocycles. The third kappa shape index (κ3) is 4.43. The van der Waals surface area contributed by atoms with E-state index in [1.807, 2.05) is 0 Å². The zero-order valence-corrected chi connectivity index (χ0v) is 12.8. The van der Waals surface area contributed by atoms with Gasteiger partial charge >= 0.3 is 0 Å². The molecule has 0 atom stereocenters. The van der Waals surface area contributed by atoms with Crippen LogP contribution >= 0.6 is 0 Å². The maximum atomic E-state index is 3.53. The number of hydrogen-bond donors (Lipinski definition) is 1. The first-order valence-corrected chi connectivity index (χ1v) is 6.89. The Morgan fingerprint density at radius 1 is 1.06 bits per heavy atom. The molecule has 0 aliphatic heterocycles. The second-order valence-corrected chi connectivity index (χ2v) is 5.61. The molecular weight excluding hydrogens is 220 g/mol. The van der Waals surface area contributed by atoms with Gasteiger partial charge in [0.25, 0.3) is 0 Å². The van der Waals surface area contributed by atoms with Crippen LogP contribution in [0.1, 0.15) is 36.1 Å². The summed E-state index contributed by atoms with van der Waals surface area (Å²) in [5.41, 5.74) is 5.58. The van der Waals surface area contributed by atoms with Gasteiger partial charge in [-0.25, -0.2) is 0 Å². The van der Waals surface area contributed by atoms with Crippen molar-refractivity contribution < 1.29 is 0 Å². The van der Waals surface area contributed by atoms with Gasteiger partial charge in [0.15, 0.2) is 0 Å². The van der Waals surface area contributed by atoms with E-state index in [4.69, 9.17) is 0 Å². The molecule has 0 aliphatic rings. The van der Waals surface area contributed by atoms with Crippen LogP contribution in [0.15, 0.2) is 12.1 Å². The molecule has 0 heterocycles. The number of benzene rings is 1. The number of nitrogens with one attached hydrogen (secondary N) is 1. The molecule has 1 rings (SSSR count). The molecule has 0 unspecified atom stereocenters. The van der Waals surface area contributed by atoms with Crippen molar-refractivity contribution in [3.05, 3.63) is 34.4 Å². The summed E-state index contributed by atoms with van der Waals surface area (Å²) in [6.45, 7) is 14.1. The van der Waals surface area contributed by atoms with E-state index in [-0.39, 0.29) is 0 Å². The Morgan fingerprint density at radius 3 is 2.28 bits per heavy atom. The van der Waals surface area contributed by atoms with Gasteiger partial charge in [0.2, 0.25) is 0 Å². The maximum Gasteiger partial charge on any atom is 0.0208 e. The molecule has 0 aromatic heterocycles. The largest absolute Gasteiger partial charge is 0.311 e. The summed E-state index contributed by atoms with van der Waals surface area (Å²) in [4.78, 5) is 2.36. The SMILES string of the molecule is Cc1cc(C)c(CNCCN(C)C(C)C)cc1C. The monoisotopic (exact) mass is 248 g/mol. The van der Waals surface area contributed by atoms with E-state index in [1.54, 1.807) is 0 Å². The van der Waals surface area contributed by atoms with Gasteiger partial charge in [-0.2, -0.15) is 0 Å². The Labute approximate surface area is 112 Å². The highest BCUT2D eigenvalue weighted by atomic mass is 15.1. The number of nitrogens with zero attached hydrogens (tertiary/aromatic N) is 1. The van der Waals surface area contributed by atoms with Crippen molar-refractivity contribution in [2.24, 2.45) is 0 Å². The van der Waals surface area contributed by atoms with Crippen molar-refractivity contribution in [3.8, 4) is 0 Å². The average molecular weight is 248 g/mol. The molecule has 1 aromatic rings. The molecule has 2 heteroatoms. The van der Waals surface area contributed by atoms with E-state index in [9.17, 15) is 0 Å². The minimum absolute atomic E-state index is 0.621. The fourth-order valence-electron chi connectivity index (χ4n) is 1.95. The van der Waals surface area contributed by atoms with Gasteiger partial charge in [-0.1, -0.05) is 12.1 Å². The molecule has 0 fully saturated rings. The first-order chi connectivity index (χ1) is 8.41. The number of rotatable bonds is 6. The quantitative estimate of drug-likeness (QED) is 0.778. The summed E-state index contributed by atoms with van der Waals surface area (Å²) >= 11 is 0. The zero-order chi connectivity index (χ0) is 13.7. The second kappa shape index (κ2) is 6.91. The second-order valence-electron chi connectivity index (χ2n) is 5.61. The molecular formula is C16H28N2. The van der Waals surface area contributed by atoms with Crippen LogP contribution < -0.4 is 5.32 Å². The Hall–Kier alpha value is -0.860. The summed E-state index contributed by atoms with van der Waals surface area (Å²) < 4.78 is 0. The molecule has 18 heavy (non-hydrogen) atoms. The molecule has 0 radical (unpaired) electrons. The number of hydrogen-bond acceptors (Lipinski definition) is 2. The zero-order valence-electron chi connectivity index (χ0n) is 12.8. The van der Waals surface area contributed by atoms with E-state index in [2.05, 4.69) is 64.0 Å². The number of likely N-dealkylation sites (N-methyl/N-ethyl adjacent to an activating group) is 1. The fraction of sp³-hybridized carbons (Fsp3) is 0.625. The van der Waals surface area contributed by atoms with Crippen molar-refractivity contribution in [1.29, 1.82) is 0 Å². The van der Waals surface area contributed by atoms with Crippen molar-refractivity contribution in [2.75, 3.05) is 20.1 Å². The maximum absolute atomic E-state index is 3.53. The first kappa shape index (κ1) is 15.2. The lowest BCUT2D eigenvalue weighted by molar-refractivity contribution is 0.273. The van der Waals surface area contributed by atoms with Gasteiger partial charge in [-0.05, 0) is 63.9 Å². The Morgan fingerprint density at radius 2 is 1.67 bits per heavy atom. The van der Waals surface area contributed by atoms with Crippen LogP contribution in [0.3, 0.4) is 0 Å². The van der Waals surface area contributed by atoms with E-state index >= 15 is 0 Å². The van der Waals surface area contributed by atoms with Crippen molar-refractivity contribution in [1.82, 2.24) is 10.2 Å². The van der Waals surface area contributed by atoms with Crippen LogP contribution in [0.5, 0.6) is 0 Å². The van der Waals surface area contributed by atoms with Crippen molar-refractivity contribution >= 4 is 0 Å². The molecule has 102 valence electrons. The first-order valence-electron chi connectivity index (χ1n) is 6.89. The predicted molar refractivity (Wildman–Crippen MR) is 80.1 cm³/mol. The van der Waals surface area contributed by atoms with Crippen LogP contribution in [-0.2, 0) is 6.54 Å². The van der Waals surface area contributed by atoms with Gasteiger partial charge in [0.1, 0.15) is 0 Å². The lowest BCUT2D eigenvalue weighted by atomic mass is 10.0. The summed E-state index contributed by atoms with van der Waals surface area (Å²) in [6, 6.07) is 5.21. The molecule has 1 aromatic carbocycles. The smallest absolute Gasteiger partial charge is 0.0208 e. The van der Waals surface area contributed by atoms with Gasteiger partial charge < -0.3 is 10.2 Å². The summed E-state index contributed by atoms with van der Waals surface area (Å²) in [6.07, 6.45) is 0. The van der Waals surface area contributed by atoms with Crippen LogP contribution in [0.4, 0.5) is 0 Å². The van der Waals surface area contributed by atoms with Crippen LogP contribution in [0.2, 0.25) is 0 Å². The van der Waals surface area contributed by atoms with Crippen molar-refractivity contribution in [2.45, 2.75) is 47.2 Å². The molecule has 0 saturated heterocycles. The molecule has 0 bridgehead atoms. The average Bonchev–Trinajstić information content (AvgIpc) is 2.30. The van der Waals surface area contributed by atoms with Gasteiger partial charge in [0, 0.05) is 25.7 Å². The third-order valence-corrected chi connectivity index (χ3v) is 3.79. The van der Waals surface area contributed by atoms with Gasteiger partial charge in [-0.15, -0.1) is 0 Å². The van der Waals surface area contributed by atoms with Crippen LogP contribution in [-0.4, -0.2) is 31.1 Å². The highest BCUT2D eigenvalue weighted by molar-refractivity contribution is 5.36. The highest BCUT2D eigenvalue weighted by Crippen LogP contribution is 2.14. The summed E-state index contributed by atoms with van der Waals surface area (Å²) in [5.74, 6) is 0. The van der Waals surface area contributed by atoms with Gasteiger partial charge in [0.05, 0.1) is 0 Å². The van der Waals surface area contributed by atoms with E-state index in [1.165, 1.54) is 22.3 Å². The molecule has 1 N–H and O–H groups in total. The molecule has 0 saturated carbocycles. The Kier molecular flexibility index (Phi) is 5.83. The number of aryl methyl sites for hydroxylation is 3. The van der Waals surface area contributed by atoms with E-state index in [0.717, 1.165) is 19.6 Å². The van der Waals surface area contributed by atoms with Crippen LogP contribution in [0, 0.1) is 20.8 Å². The summed E-state index contributed by atoms with van der Waals surface area (Å²) in [7, 11) is 2.17. The minimum atomic E-state index is 0.621. The molecule has 0 amide bonds. The van der Waals surface area contributed by atoms with E-state index in [0.29, 0.717) is 6.04 Å². The highest BCUT2D eigenvalue weighted by Gasteiger charge is 2.04. The summed E-state index contributed by atoms with van der Waals surface area (Å²) in [5, 5.41) is 3.53. The van der Waals surface area contributed by atoms with Gasteiger partial charge in [-0.3, -0.25) is 0 Å². The van der Waals surface area contributed by atoms with Crippen LogP contribution in [0.25, 0.3) is 0 Å². The standard InChI is InChI=1S/C16H28N2/c1-12(2)18(6)8-7-17-11-16-10-14(4)13(3)9-15(16)5/h9-10,12,17H,7-8,11H2,1-6H3. The predicted octanol–water partition coefficient (Wildman–Crippen LogP) is 3.04. The normalized spacial score (nSPS) is 11.6. The molecule has 2 nitrogen and oxygen atoms in total. The Bertz CT molecular complexity index is 383. The Balaban J connectivity index is 2.42. The van der Waals surface area contributed by atoms with E-state index < -0.39 is 0 Å². The third-order valence-electron chi connectivity index (χ3n) is 3.79. The topological polar surface area (TPSA) is 15.3 Å². The minimum Gasteiger partial charge on any atom is -0.311 e. The lowest BCUT2D eigenvalue weighted by Gasteiger charge is -2.21. The fourth-order valence-corrected chi connectivity index (χ4v) is 1.95. The molecule has 0 spiro atoms. The van der Waals surface area contributed by atoms with Crippen molar-refractivity contribution in [3.63, 3.8) is 0 Å².